The number of aryl methyl sites for hydroxylation is 1. The van der Waals surface area contributed by atoms with Gasteiger partial charge in [0.15, 0.2) is 0 Å². The first-order valence-electron chi connectivity index (χ1n) is 14.1. The maximum absolute atomic E-state index is 14.7. The van der Waals surface area contributed by atoms with Crippen molar-refractivity contribution in [2.75, 3.05) is 44.1 Å². The second kappa shape index (κ2) is 11.9. The van der Waals surface area contributed by atoms with E-state index >= 15 is 0 Å². The number of hydrogen-bond acceptors (Lipinski definition) is 5. The number of rotatable bonds is 8. The molecule has 1 aliphatic heterocycles. The molecule has 42 heavy (non-hydrogen) atoms. The zero-order valence-corrected chi connectivity index (χ0v) is 25.2. The van der Waals surface area contributed by atoms with Crippen LogP contribution in [-0.2, 0) is 20.2 Å². The van der Waals surface area contributed by atoms with Gasteiger partial charge in [0.1, 0.15) is 11.5 Å². The Morgan fingerprint density at radius 1 is 1.02 bits per heavy atom. The highest BCUT2D eigenvalue weighted by Gasteiger charge is 2.22. The predicted octanol–water partition coefficient (Wildman–Crippen LogP) is 5.44. The minimum atomic E-state index is -3.88. The average Bonchev–Trinajstić information content (AvgIpc) is 3.33. The van der Waals surface area contributed by atoms with Gasteiger partial charge in [-0.1, -0.05) is 45.0 Å². The van der Waals surface area contributed by atoms with Crippen LogP contribution in [-0.4, -0.2) is 63.6 Å². The van der Waals surface area contributed by atoms with Gasteiger partial charge >= 0.3 is 0 Å². The molecule has 10 heteroatoms. The Kier molecular flexibility index (Phi) is 8.41. The Labute approximate surface area is 246 Å². The molecule has 0 saturated carbocycles. The zero-order chi connectivity index (χ0) is 30.1. The molecule has 3 aromatic carbocycles. The Bertz CT molecular complexity index is 1700. The SMILES string of the molecule is Cc1ccc(-c2c(C(=O)NCCN3CCOCC3)[nH]c3ccc(NS(=O)(=O)c4ccc(C(C)(C)C)cc4)cc23)cc1F. The Morgan fingerprint density at radius 2 is 1.74 bits per heavy atom. The Balaban J connectivity index is 1.47. The first-order valence-corrected chi connectivity index (χ1v) is 15.5. The molecule has 3 N–H and O–H groups in total. The molecule has 0 radical (unpaired) electrons. The summed E-state index contributed by atoms with van der Waals surface area (Å²) in [6, 6.07) is 16.7. The molecular formula is C32H37FN4O4S. The third kappa shape index (κ3) is 6.51. The molecule has 1 fully saturated rings. The van der Waals surface area contributed by atoms with Gasteiger partial charge in [0.25, 0.3) is 15.9 Å². The van der Waals surface area contributed by atoms with Crippen LogP contribution in [0.15, 0.2) is 65.6 Å². The third-order valence-electron chi connectivity index (χ3n) is 7.59. The fourth-order valence-corrected chi connectivity index (χ4v) is 6.11. The van der Waals surface area contributed by atoms with Gasteiger partial charge in [0.2, 0.25) is 0 Å². The molecule has 1 aromatic heterocycles. The smallest absolute Gasteiger partial charge is 0.268 e. The number of hydrogen-bond donors (Lipinski definition) is 3. The quantitative estimate of drug-likeness (QED) is 0.253. The summed E-state index contributed by atoms with van der Waals surface area (Å²) in [5, 5.41) is 3.57. The van der Waals surface area contributed by atoms with Crippen molar-refractivity contribution in [3.05, 3.63) is 83.3 Å². The number of nitrogens with zero attached hydrogens (tertiary/aromatic N) is 1. The third-order valence-corrected chi connectivity index (χ3v) is 8.98. The molecular weight excluding hydrogens is 555 g/mol. The van der Waals surface area contributed by atoms with Crippen LogP contribution in [0.1, 0.15) is 42.4 Å². The summed E-state index contributed by atoms with van der Waals surface area (Å²) in [4.78, 5) is 19.0. The monoisotopic (exact) mass is 592 g/mol. The number of halogens is 1. The molecule has 8 nitrogen and oxygen atoms in total. The molecule has 2 heterocycles. The van der Waals surface area contributed by atoms with E-state index in [1.807, 2.05) is 12.1 Å². The van der Waals surface area contributed by atoms with Crippen molar-refractivity contribution in [1.29, 1.82) is 0 Å². The summed E-state index contributed by atoms with van der Waals surface area (Å²) < 4.78 is 49.2. The zero-order valence-electron chi connectivity index (χ0n) is 24.4. The van der Waals surface area contributed by atoms with Crippen LogP contribution in [0.25, 0.3) is 22.0 Å². The summed E-state index contributed by atoms with van der Waals surface area (Å²) in [5.41, 5.74) is 3.67. The number of carbonyl (C=O) groups excluding carboxylic acids is 1. The number of anilines is 1. The molecule has 4 aromatic rings. The van der Waals surface area contributed by atoms with Crippen molar-refractivity contribution in [3.63, 3.8) is 0 Å². The van der Waals surface area contributed by atoms with Gasteiger partial charge in [-0.3, -0.25) is 14.4 Å². The average molecular weight is 593 g/mol. The lowest BCUT2D eigenvalue weighted by atomic mass is 9.87. The largest absolute Gasteiger partial charge is 0.379 e. The first kappa shape index (κ1) is 29.8. The van der Waals surface area contributed by atoms with E-state index in [4.69, 9.17) is 4.74 Å². The highest BCUT2D eigenvalue weighted by Crippen LogP contribution is 2.35. The van der Waals surface area contributed by atoms with E-state index in [9.17, 15) is 17.6 Å². The number of ether oxygens (including phenoxy) is 1. The fourth-order valence-electron chi connectivity index (χ4n) is 5.06. The van der Waals surface area contributed by atoms with Crippen LogP contribution in [0, 0.1) is 12.7 Å². The fraction of sp³-hybridized carbons (Fsp3) is 0.344. The van der Waals surface area contributed by atoms with E-state index in [2.05, 4.69) is 40.7 Å². The van der Waals surface area contributed by atoms with Crippen LogP contribution in [0.4, 0.5) is 10.1 Å². The number of nitrogens with one attached hydrogen (secondary N) is 3. The molecule has 5 rings (SSSR count). The van der Waals surface area contributed by atoms with Gasteiger partial charge < -0.3 is 15.0 Å². The van der Waals surface area contributed by atoms with Crippen molar-refractivity contribution in [3.8, 4) is 11.1 Å². The molecule has 0 bridgehead atoms. The number of carbonyl (C=O) groups is 1. The number of H-pyrrole nitrogens is 1. The lowest BCUT2D eigenvalue weighted by molar-refractivity contribution is 0.0383. The molecule has 0 unspecified atom stereocenters. The summed E-state index contributed by atoms with van der Waals surface area (Å²) >= 11 is 0. The standard InChI is InChI=1S/C32H37FN4O4S/c1-21-5-6-22(19-27(21)33)29-26-20-24(36-42(39,40)25-10-7-23(8-11-25)32(2,3)4)9-12-28(26)35-30(29)31(38)34-13-14-37-15-17-41-18-16-37/h5-12,19-20,35-36H,13-18H2,1-4H3,(H,34,38). The number of sulfonamides is 1. The van der Waals surface area contributed by atoms with E-state index in [0.29, 0.717) is 59.6 Å². The lowest BCUT2D eigenvalue weighted by Gasteiger charge is -2.26. The van der Waals surface area contributed by atoms with Crippen molar-refractivity contribution < 1.29 is 22.3 Å². The van der Waals surface area contributed by atoms with Gasteiger partial charge in [-0.05, 0) is 65.4 Å². The highest BCUT2D eigenvalue weighted by atomic mass is 32.2. The Morgan fingerprint density at radius 3 is 2.40 bits per heavy atom. The van der Waals surface area contributed by atoms with Gasteiger partial charge in [0.05, 0.1) is 18.1 Å². The minimum Gasteiger partial charge on any atom is -0.379 e. The number of amides is 1. The first-order chi connectivity index (χ1) is 19.9. The normalized spacial score (nSPS) is 14.7. The topological polar surface area (TPSA) is 104 Å². The van der Waals surface area contributed by atoms with E-state index < -0.39 is 15.8 Å². The molecule has 0 spiro atoms. The van der Waals surface area contributed by atoms with E-state index in [0.717, 1.165) is 18.7 Å². The van der Waals surface area contributed by atoms with Crippen LogP contribution in [0.2, 0.25) is 0 Å². The van der Waals surface area contributed by atoms with Crippen LogP contribution in [0.5, 0.6) is 0 Å². The summed E-state index contributed by atoms with van der Waals surface area (Å²) in [6.07, 6.45) is 0. The second-order valence-corrected chi connectivity index (χ2v) is 13.4. The summed E-state index contributed by atoms with van der Waals surface area (Å²) in [6.45, 7) is 12.0. The maximum atomic E-state index is 14.7. The van der Waals surface area contributed by atoms with Crippen LogP contribution in [0.3, 0.4) is 0 Å². The number of fused-ring (bicyclic) bond motifs is 1. The molecule has 1 aliphatic rings. The number of benzene rings is 3. The van der Waals surface area contributed by atoms with Crippen molar-refractivity contribution >= 4 is 32.5 Å². The summed E-state index contributed by atoms with van der Waals surface area (Å²) in [5.74, 6) is -0.715. The highest BCUT2D eigenvalue weighted by molar-refractivity contribution is 7.92. The van der Waals surface area contributed by atoms with Crippen LogP contribution >= 0.6 is 0 Å². The maximum Gasteiger partial charge on any atom is 0.268 e. The van der Waals surface area contributed by atoms with Gasteiger partial charge in [-0.25, -0.2) is 12.8 Å². The van der Waals surface area contributed by atoms with E-state index in [1.165, 1.54) is 6.07 Å². The molecule has 1 amide bonds. The van der Waals surface area contributed by atoms with Crippen molar-refractivity contribution in [2.45, 2.75) is 38.0 Å². The van der Waals surface area contributed by atoms with Crippen LogP contribution < -0.4 is 10.0 Å². The Hall–Kier alpha value is -3.73. The lowest BCUT2D eigenvalue weighted by Crippen LogP contribution is -2.41. The molecule has 0 aliphatic carbocycles. The molecule has 0 atom stereocenters. The predicted molar refractivity (Wildman–Crippen MR) is 164 cm³/mol. The van der Waals surface area contributed by atoms with Gasteiger partial charge in [-0.15, -0.1) is 0 Å². The molecule has 1 saturated heterocycles. The molecule has 222 valence electrons. The van der Waals surface area contributed by atoms with Crippen molar-refractivity contribution in [1.82, 2.24) is 15.2 Å². The van der Waals surface area contributed by atoms with E-state index in [-0.39, 0.29) is 21.9 Å². The number of morpholine rings is 1. The van der Waals surface area contributed by atoms with Gasteiger partial charge in [-0.2, -0.15) is 0 Å². The second-order valence-electron chi connectivity index (χ2n) is 11.7. The van der Waals surface area contributed by atoms with Crippen molar-refractivity contribution in [2.24, 2.45) is 0 Å². The number of aromatic amines is 1. The minimum absolute atomic E-state index is 0.104. The number of aromatic nitrogens is 1. The summed E-state index contributed by atoms with van der Waals surface area (Å²) in [7, 11) is -3.88. The van der Waals surface area contributed by atoms with E-state index in [1.54, 1.807) is 49.4 Å². The van der Waals surface area contributed by atoms with Gasteiger partial charge in [0, 0.05) is 48.3 Å².